The van der Waals surface area contributed by atoms with Crippen LogP contribution in [0.2, 0.25) is 0 Å². The third kappa shape index (κ3) is 3.83. The van der Waals surface area contributed by atoms with Crippen molar-refractivity contribution in [1.29, 1.82) is 0 Å². The molecule has 3 rings (SSSR count). The smallest absolute Gasteiger partial charge is 0.253 e. The average molecular weight is 341 g/mol. The van der Waals surface area contributed by atoms with Crippen LogP contribution in [-0.4, -0.2) is 40.6 Å². The third-order valence-electron chi connectivity index (χ3n) is 4.56. The average Bonchev–Trinajstić information content (AvgIpc) is 2.98. The normalized spacial score (nSPS) is 17.1. The largest absolute Gasteiger partial charge is 0.363 e. The molecule has 0 saturated carbocycles. The molecule has 134 valence electrons. The van der Waals surface area contributed by atoms with Crippen molar-refractivity contribution in [1.82, 2.24) is 19.9 Å². The first-order valence-corrected chi connectivity index (χ1v) is 8.75. The molecule has 0 bridgehead atoms. The van der Waals surface area contributed by atoms with Crippen molar-refractivity contribution in [2.75, 3.05) is 19.0 Å². The van der Waals surface area contributed by atoms with Crippen LogP contribution >= 0.6 is 0 Å². The van der Waals surface area contributed by atoms with E-state index in [0.29, 0.717) is 5.56 Å². The summed E-state index contributed by atoms with van der Waals surface area (Å²) in [4.78, 5) is 23.5. The van der Waals surface area contributed by atoms with E-state index in [-0.39, 0.29) is 17.4 Å². The molecular formula is C19H27N5O. The highest BCUT2D eigenvalue weighted by molar-refractivity contribution is 5.94. The molecule has 0 fully saturated rings. The standard InChI is InChI=1S/C19H27N5O/c1-19(2,3)15-12-24-11-14(7-9-17(24)22-15)21-18(25)13-6-8-16(20-10-13)23(4)5/h6,8,10,12,14H,7,9,11H2,1-5H3,(H,21,25)/t14-/m1/s1. The van der Waals surface area contributed by atoms with Gasteiger partial charge in [0.25, 0.3) is 5.91 Å². The molecule has 2 aromatic heterocycles. The van der Waals surface area contributed by atoms with E-state index in [1.807, 2.05) is 31.1 Å². The topological polar surface area (TPSA) is 63.1 Å². The van der Waals surface area contributed by atoms with Gasteiger partial charge in [0.05, 0.1) is 11.3 Å². The first-order chi connectivity index (χ1) is 11.7. The van der Waals surface area contributed by atoms with E-state index in [4.69, 9.17) is 4.98 Å². The van der Waals surface area contributed by atoms with E-state index < -0.39 is 0 Å². The lowest BCUT2D eigenvalue weighted by Gasteiger charge is -2.24. The number of imidazole rings is 1. The van der Waals surface area contributed by atoms with Gasteiger partial charge in [-0.05, 0) is 18.6 Å². The monoisotopic (exact) mass is 341 g/mol. The molecule has 1 aliphatic heterocycles. The maximum atomic E-state index is 12.5. The van der Waals surface area contributed by atoms with Crippen LogP contribution in [0.15, 0.2) is 24.5 Å². The van der Waals surface area contributed by atoms with Crippen molar-refractivity contribution in [3.05, 3.63) is 41.6 Å². The number of nitrogens with one attached hydrogen (secondary N) is 1. The molecule has 0 aromatic carbocycles. The van der Waals surface area contributed by atoms with Crippen LogP contribution in [0.4, 0.5) is 5.82 Å². The summed E-state index contributed by atoms with van der Waals surface area (Å²) in [5, 5.41) is 3.13. The van der Waals surface area contributed by atoms with E-state index >= 15 is 0 Å². The van der Waals surface area contributed by atoms with Gasteiger partial charge < -0.3 is 14.8 Å². The summed E-state index contributed by atoms with van der Waals surface area (Å²) in [7, 11) is 3.86. The number of fused-ring (bicyclic) bond motifs is 1. The minimum atomic E-state index is -0.0672. The molecule has 1 N–H and O–H groups in total. The lowest BCUT2D eigenvalue weighted by molar-refractivity contribution is 0.0927. The number of aromatic nitrogens is 3. The molecule has 0 radical (unpaired) electrons. The summed E-state index contributed by atoms with van der Waals surface area (Å²) < 4.78 is 2.18. The predicted octanol–water partition coefficient (Wildman–Crippen LogP) is 2.39. The Morgan fingerprint density at radius 1 is 1.32 bits per heavy atom. The number of rotatable bonds is 3. The first kappa shape index (κ1) is 17.5. The molecule has 0 saturated heterocycles. The molecule has 3 heterocycles. The van der Waals surface area contributed by atoms with Gasteiger partial charge in [0.1, 0.15) is 11.6 Å². The maximum absolute atomic E-state index is 12.5. The molecule has 0 spiro atoms. The van der Waals surface area contributed by atoms with Crippen molar-refractivity contribution in [3.8, 4) is 0 Å². The Morgan fingerprint density at radius 2 is 2.08 bits per heavy atom. The zero-order valence-electron chi connectivity index (χ0n) is 15.7. The van der Waals surface area contributed by atoms with Gasteiger partial charge in [-0.1, -0.05) is 20.8 Å². The summed E-state index contributed by atoms with van der Waals surface area (Å²) in [5.74, 6) is 1.89. The Labute approximate surface area is 149 Å². The Bertz CT molecular complexity index is 755. The summed E-state index contributed by atoms with van der Waals surface area (Å²) >= 11 is 0. The summed E-state index contributed by atoms with van der Waals surface area (Å²) in [6.45, 7) is 7.29. The highest BCUT2D eigenvalue weighted by Gasteiger charge is 2.25. The number of anilines is 1. The number of carbonyl (C=O) groups excluding carboxylic acids is 1. The van der Waals surface area contributed by atoms with Crippen LogP contribution in [0.3, 0.4) is 0 Å². The highest BCUT2D eigenvalue weighted by atomic mass is 16.1. The number of pyridine rings is 1. The number of aryl methyl sites for hydroxylation is 1. The maximum Gasteiger partial charge on any atom is 0.253 e. The Hall–Kier alpha value is -2.37. The van der Waals surface area contributed by atoms with Crippen LogP contribution in [0, 0.1) is 0 Å². The van der Waals surface area contributed by atoms with E-state index in [2.05, 4.69) is 41.8 Å². The molecule has 6 heteroatoms. The lowest BCUT2D eigenvalue weighted by atomic mass is 9.93. The van der Waals surface area contributed by atoms with Crippen LogP contribution in [0.25, 0.3) is 0 Å². The van der Waals surface area contributed by atoms with Gasteiger partial charge in [0, 0.05) is 50.9 Å². The minimum absolute atomic E-state index is 0.0446. The highest BCUT2D eigenvalue weighted by Crippen LogP contribution is 2.24. The van der Waals surface area contributed by atoms with Crippen molar-refractivity contribution < 1.29 is 4.79 Å². The van der Waals surface area contributed by atoms with Crippen molar-refractivity contribution >= 4 is 11.7 Å². The third-order valence-corrected chi connectivity index (χ3v) is 4.56. The van der Waals surface area contributed by atoms with Gasteiger partial charge in [-0.15, -0.1) is 0 Å². The Kier molecular flexibility index (Phi) is 4.54. The fourth-order valence-corrected chi connectivity index (χ4v) is 2.98. The quantitative estimate of drug-likeness (QED) is 0.931. The zero-order valence-corrected chi connectivity index (χ0v) is 15.7. The molecule has 0 unspecified atom stereocenters. The van der Waals surface area contributed by atoms with Crippen molar-refractivity contribution in [2.45, 2.75) is 51.6 Å². The van der Waals surface area contributed by atoms with Crippen LogP contribution < -0.4 is 10.2 Å². The van der Waals surface area contributed by atoms with Gasteiger partial charge in [-0.2, -0.15) is 0 Å². The number of carbonyl (C=O) groups is 1. The van der Waals surface area contributed by atoms with Crippen molar-refractivity contribution in [2.24, 2.45) is 0 Å². The molecule has 2 aromatic rings. The second kappa shape index (κ2) is 6.50. The van der Waals surface area contributed by atoms with Gasteiger partial charge in [-0.3, -0.25) is 4.79 Å². The Morgan fingerprint density at radius 3 is 2.68 bits per heavy atom. The molecule has 0 aliphatic carbocycles. The minimum Gasteiger partial charge on any atom is -0.363 e. The van der Waals surface area contributed by atoms with Gasteiger partial charge in [0.15, 0.2) is 0 Å². The number of hydrogen-bond donors (Lipinski definition) is 1. The summed E-state index contributed by atoms with van der Waals surface area (Å²) in [6, 6.07) is 3.80. The van der Waals surface area contributed by atoms with Crippen LogP contribution in [0.1, 0.15) is 49.1 Å². The van der Waals surface area contributed by atoms with Gasteiger partial charge in [0.2, 0.25) is 0 Å². The molecule has 1 amide bonds. The summed E-state index contributed by atoms with van der Waals surface area (Å²) in [5.41, 5.74) is 1.75. The lowest BCUT2D eigenvalue weighted by Crippen LogP contribution is -2.40. The van der Waals surface area contributed by atoms with E-state index in [1.165, 1.54) is 0 Å². The molecule has 1 atom stereocenters. The van der Waals surface area contributed by atoms with Gasteiger partial charge >= 0.3 is 0 Å². The van der Waals surface area contributed by atoms with Gasteiger partial charge in [-0.25, -0.2) is 9.97 Å². The molecular weight excluding hydrogens is 314 g/mol. The molecule has 6 nitrogen and oxygen atoms in total. The number of nitrogens with zero attached hydrogens (tertiary/aromatic N) is 4. The number of amides is 1. The SMILES string of the molecule is CN(C)c1ccc(C(=O)N[C@@H]2CCc3nc(C(C)(C)C)cn3C2)cn1. The Balaban J connectivity index is 1.66. The fraction of sp³-hybridized carbons (Fsp3) is 0.526. The summed E-state index contributed by atoms with van der Waals surface area (Å²) in [6.07, 6.45) is 5.56. The first-order valence-electron chi connectivity index (χ1n) is 8.75. The second-order valence-corrected chi connectivity index (χ2v) is 7.95. The fourth-order valence-electron chi connectivity index (χ4n) is 2.98. The predicted molar refractivity (Wildman–Crippen MR) is 99.1 cm³/mol. The second-order valence-electron chi connectivity index (χ2n) is 7.95. The van der Waals surface area contributed by atoms with Crippen LogP contribution in [0.5, 0.6) is 0 Å². The van der Waals surface area contributed by atoms with Crippen molar-refractivity contribution in [3.63, 3.8) is 0 Å². The van der Waals surface area contributed by atoms with Crippen LogP contribution in [-0.2, 0) is 18.4 Å². The molecule has 1 aliphatic rings. The molecule has 25 heavy (non-hydrogen) atoms. The van der Waals surface area contributed by atoms with E-state index in [9.17, 15) is 4.79 Å². The van der Waals surface area contributed by atoms with E-state index in [0.717, 1.165) is 36.7 Å². The zero-order chi connectivity index (χ0) is 18.2. The van der Waals surface area contributed by atoms with E-state index in [1.54, 1.807) is 6.20 Å². The number of hydrogen-bond acceptors (Lipinski definition) is 4.